The number of piperidine rings is 1. The van der Waals surface area contributed by atoms with Crippen LogP contribution in [0.15, 0.2) is 42.5 Å². The number of aliphatic hydroxyl groups excluding tert-OH is 1. The van der Waals surface area contributed by atoms with Gasteiger partial charge in [0.15, 0.2) is 0 Å². The third-order valence-electron chi connectivity index (χ3n) is 10.1. The molecule has 4 aliphatic rings. The van der Waals surface area contributed by atoms with E-state index < -0.39 is 6.10 Å². The van der Waals surface area contributed by atoms with Crippen LogP contribution >= 0.6 is 0 Å². The van der Waals surface area contributed by atoms with Crippen molar-refractivity contribution >= 4 is 17.6 Å². The van der Waals surface area contributed by atoms with Crippen LogP contribution in [0.3, 0.4) is 0 Å². The molecule has 1 aliphatic carbocycles. The molecule has 6 rings (SSSR count). The zero-order valence-corrected chi connectivity index (χ0v) is 23.7. The van der Waals surface area contributed by atoms with E-state index >= 15 is 0 Å². The normalized spacial score (nSPS) is 24.4. The van der Waals surface area contributed by atoms with Gasteiger partial charge >= 0.3 is 0 Å². The molecule has 3 aliphatic heterocycles. The maximum atomic E-state index is 13.6. The van der Waals surface area contributed by atoms with Gasteiger partial charge in [-0.15, -0.1) is 0 Å². The van der Waals surface area contributed by atoms with Crippen LogP contribution < -0.4 is 5.32 Å². The van der Waals surface area contributed by atoms with E-state index in [1.165, 1.54) is 11.1 Å². The van der Waals surface area contributed by atoms with Crippen LogP contribution in [0.25, 0.3) is 0 Å². The number of carbonyl (C=O) groups is 3. The molecule has 3 heterocycles. The van der Waals surface area contributed by atoms with Crippen LogP contribution in [0, 0.1) is 5.41 Å². The molecule has 0 aromatic heterocycles. The summed E-state index contributed by atoms with van der Waals surface area (Å²) in [6.07, 6.45) is 5.25. The van der Waals surface area contributed by atoms with Gasteiger partial charge in [-0.3, -0.25) is 14.4 Å². The van der Waals surface area contributed by atoms with Crippen molar-refractivity contribution in [2.45, 2.75) is 82.9 Å². The standard InChI is InChI=1S/C33H41N3O4/c1-32(2)21-36(20-29(38)28-18-22-5-3-4-6-24(22)19-34-28)31(40)26-8-7-23(17-27(26)32)30(39)35-15-13-33(14-16-35)11-9-25(37)10-12-33/h3-8,17,28-29,34,38H,9-16,18-21H2,1-2H3/t28-,29+/m0/s1. The van der Waals surface area contributed by atoms with Crippen molar-refractivity contribution in [1.82, 2.24) is 15.1 Å². The molecule has 40 heavy (non-hydrogen) atoms. The number of benzene rings is 2. The fourth-order valence-electron chi connectivity index (χ4n) is 7.41. The van der Waals surface area contributed by atoms with E-state index in [9.17, 15) is 19.5 Å². The van der Waals surface area contributed by atoms with Crippen molar-refractivity contribution in [3.63, 3.8) is 0 Å². The van der Waals surface area contributed by atoms with E-state index in [2.05, 4.69) is 31.3 Å². The average Bonchev–Trinajstić information content (AvgIpc) is 2.97. The minimum Gasteiger partial charge on any atom is -0.390 e. The van der Waals surface area contributed by atoms with E-state index in [1.807, 2.05) is 23.1 Å². The molecule has 0 radical (unpaired) electrons. The number of rotatable bonds is 4. The molecule has 2 aromatic carbocycles. The Kier molecular flexibility index (Phi) is 7.07. The van der Waals surface area contributed by atoms with E-state index in [0.717, 1.165) is 50.8 Å². The Hall–Kier alpha value is -3.03. The molecular weight excluding hydrogens is 502 g/mol. The lowest BCUT2D eigenvalue weighted by atomic mass is 9.68. The number of β-amino-alcohol motifs (C(OH)–C–C–N with tert-alkyl or cyclic N) is 1. The molecule has 1 spiro atoms. The lowest BCUT2D eigenvalue weighted by Gasteiger charge is -2.44. The maximum Gasteiger partial charge on any atom is 0.254 e. The number of Topliss-reactive ketones (excluding diaryl/α,β-unsaturated/α-hetero) is 1. The summed E-state index contributed by atoms with van der Waals surface area (Å²) in [5.74, 6) is 0.310. The molecule has 0 unspecified atom stereocenters. The van der Waals surface area contributed by atoms with Crippen molar-refractivity contribution in [2.75, 3.05) is 26.2 Å². The third-order valence-corrected chi connectivity index (χ3v) is 10.1. The van der Waals surface area contributed by atoms with Gasteiger partial charge in [0.1, 0.15) is 5.78 Å². The first kappa shape index (κ1) is 27.2. The zero-order valence-electron chi connectivity index (χ0n) is 23.7. The molecule has 2 atom stereocenters. The number of nitrogens with one attached hydrogen (secondary N) is 1. The number of ketones is 1. The molecule has 7 nitrogen and oxygen atoms in total. The summed E-state index contributed by atoms with van der Waals surface area (Å²) in [6, 6.07) is 13.7. The smallest absolute Gasteiger partial charge is 0.254 e. The van der Waals surface area contributed by atoms with Crippen molar-refractivity contribution in [1.29, 1.82) is 0 Å². The minimum absolute atomic E-state index is 0.0225. The van der Waals surface area contributed by atoms with Gasteiger partial charge in [0.2, 0.25) is 0 Å². The van der Waals surface area contributed by atoms with Gasteiger partial charge in [-0.25, -0.2) is 0 Å². The first-order chi connectivity index (χ1) is 19.1. The number of hydrogen-bond donors (Lipinski definition) is 2. The van der Waals surface area contributed by atoms with Crippen LogP contribution in [0.4, 0.5) is 0 Å². The van der Waals surface area contributed by atoms with Gasteiger partial charge in [-0.05, 0) is 72.4 Å². The fraction of sp³-hybridized carbons (Fsp3) is 0.545. The molecular formula is C33H41N3O4. The zero-order chi connectivity index (χ0) is 28.1. The number of amides is 2. The molecule has 2 fully saturated rings. The van der Waals surface area contributed by atoms with Crippen molar-refractivity contribution in [3.8, 4) is 0 Å². The predicted molar refractivity (Wildman–Crippen MR) is 153 cm³/mol. The van der Waals surface area contributed by atoms with E-state index in [4.69, 9.17) is 0 Å². The Morgan fingerprint density at radius 3 is 2.45 bits per heavy atom. The number of fused-ring (bicyclic) bond motifs is 2. The highest BCUT2D eigenvalue weighted by molar-refractivity contribution is 6.00. The lowest BCUT2D eigenvalue weighted by Crippen LogP contribution is -2.54. The minimum atomic E-state index is -0.680. The summed E-state index contributed by atoms with van der Waals surface area (Å²) in [5, 5.41) is 14.6. The van der Waals surface area contributed by atoms with Crippen LogP contribution in [0.1, 0.15) is 89.8 Å². The largest absolute Gasteiger partial charge is 0.390 e. The Labute approximate surface area is 236 Å². The van der Waals surface area contributed by atoms with Crippen molar-refractivity contribution < 1.29 is 19.5 Å². The number of aliphatic hydroxyl groups is 1. The summed E-state index contributed by atoms with van der Waals surface area (Å²) >= 11 is 0. The highest BCUT2D eigenvalue weighted by atomic mass is 16.3. The predicted octanol–water partition coefficient (Wildman–Crippen LogP) is 3.86. The highest BCUT2D eigenvalue weighted by Crippen LogP contribution is 2.44. The molecule has 212 valence electrons. The highest BCUT2D eigenvalue weighted by Gasteiger charge is 2.41. The first-order valence-electron chi connectivity index (χ1n) is 14.9. The number of likely N-dealkylation sites (tertiary alicyclic amines) is 1. The van der Waals surface area contributed by atoms with Gasteiger partial charge in [-0.2, -0.15) is 0 Å². The molecule has 0 bridgehead atoms. The Morgan fingerprint density at radius 2 is 1.73 bits per heavy atom. The van der Waals surface area contributed by atoms with Crippen molar-refractivity contribution in [2.24, 2.45) is 5.41 Å². The summed E-state index contributed by atoms with van der Waals surface area (Å²) in [5.41, 5.74) is 4.52. The van der Waals surface area contributed by atoms with Crippen LogP contribution in [0.2, 0.25) is 0 Å². The second-order valence-corrected chi connectivity index (χ2v) is 13.2. The fourth-order valence-corrected chi connectivity index (χ4v) is 7.41. The topological polar surface area (TPSA) is 89.9 Å². The van der Waals surface area contributed by atoms with Crippen molar-refractivity contribution in [3.05, 3.63) is 70.3 Å². The Bertz CT molecular complexity index is 1310. The lowest BCUT2D eigenvalue weighted by molar-refractivity contribution is -0.123. The summed E-state index contributed by atoms with van der Waals surface area (Å²) in [7, 11) is 0. The van der Waals surface area contributed by atoms with E-state index in [1.54, 1.807) is 17.0 Å². The number of carbonyl (C=O) groups excluding carboxylic acids is 3. The molecule has 7 heteroatoms. The molecule has 1 saturated heterocycles. The molecule has 2 N–H and O–H groups in total. The summed E-state index contributed by atoms with van der Waals surface area (Å²) in [6.45, 7) is 7.13. The average molecular weight is 544 g/mol. The Balaban J connectivity index is 1.13. The van der Waals surface area contributed by atoms with E-state index in [0.29, 0.717) is 42.8 Å². The maximum absolute atomic E-state index is 13.6. The van der Waals surface area contributed by atoms with Gasteiger partial charge < -0.3 is 20.2 Å². The van der Waals surface area contributed by atoms with Gasteiger partial charge in [0.05, 0.1) is 6.10 Å². The van der Waals surface area contributed by atoms with Crippen LogP contribution in [-0.4, -0.2) is 70.8 Å². The van der Waals surface area contributed by atoms with Gasteiger partial charge in [0.25, 0.3) is 11.8 Å². The van der Waals surface area contributed by atoms with Crippen LogP contribution in [0.5, 0.6) is 0 Å². The second kappa shape index (κ2) is 10.4. The second-order valence-electron chi connectivity index (χ2n) is 13.2. The number of nitrogens with zero attached hydrogens (tertiary/aromatic N) is 2. The SMILES string of the molecule is CC1(C)CN(C[C@@H](O)[C@@H]2Cc3ccccc3CN2)C(=O)c2ccc(C(=O)N3CCC4(CCC(=O)CC4)CC3)cc21. The van der Waals surface area contributed by atoms with Crippen LogP contribution in [-0.2, 0) is 23.2 Å². The quantitative estimate of drug-likeness (QED) is 0.611. The molecule has 2 aromatic rings. The monoisotopic (exact) mass is 543 g/mol. The Morgan fingerprint density at radius 1 is 1.02 bits per heavy atom. The summed E-state index contributed by atoms with van der Waals surface area (Å²) in [4.78, 5) is 42.5. The molecule has 1 saturated carbocycles. The van der Waals surface area contributed by atoms with Gasteiger partial charge in [-0.1, -0.05) is 38.1 Å². The molecule has 2 amide bonds. The number of hydrogen-bond acceptors (Lipinski definition) is 5. The third kappa shape index (κ3) is 5.10. The van der Waals surface area contributed by atoms with E-state index in [-0.39, 0.29) is 35.2 Å². The van der Waals surface area contributed by atoms with Gasteiger partial charge in [0, 0.05) is 68.1 Å². The first-order valence-corrected chi connectivity index (χ1v) is 14.9. The summed E-state index contributed by atoms with van der Waals surface area (Å²) < 4.78 is 0.